The average Bonchev–Trinajstić information content (AvgIpc) is 3.50. The number of likely N-dealkylation sites (tertiary alicyclic amines) is 2. The summed E-state index contributed by atoms with van der Waals surface area (Å²) in [7, 11) is 3.59. The van der Waals surface area contributed by atoms with Crippen molar-refractivity contribution in [2.24, 2.45) is 11.3 Å². The lowest BCUT2D eigenvalue weighted by molar-refractivity contribution is -0.142. The van der Waals surface area contributed by atoms with Crippen LogP contribution < -0.4 is 5.32 Å². The molecule has 4 amide bonds. The van der Waals surface area contributed by atoms with Gasteiger partial charge in [0, 0.05) is 45.3 Å². The van der Waals surface area contributed by atoms with E-state index in [1.807, 2.05) is 47.7 Å². The molecule has 2 heterocycles. The maximum Gasteiger partial charge on any atom is 0.249 e. The van der Waals surface area contributed by atoms with E-state index in [1.165, 1.54) is 0 Å². The van der Waals surface area contributed by atoms with Gasteiger partial charge in [0.1, 0.15) is 12.1 Å². The van der Waals surface area contributed by atoms with Gasteiger partial charge in [-0.2, -0.15) is 0 Å². The summed E-state index contributed by atoms with van der Waals surface area (Å²) >= 11 is 0. The monoisotopic (exact) mass is 647 g/mol. The largest absolute Gasteiger partial charge is 0.343 e. The molecule has 1 N–H and O–H groups in total. The van der Waals surface area contributed by atoms with Crippen LogP contribution in [0.3, 0.4) is 0 Å². The number of nitrogens with zero attached hydrogens (tertiary/aromatic N) is 5. The van der Waals surface area contributed by atoms with Gasteiger partial charge in [0.05, 0.1) is 12.1 Å². The van der Waals surface area contributed by atoms with Crippen LogP contribution in [0.5, 0.6) is 0 Å². The van der Waals surface area contributed by atoms with Crippen LogP contribution in [0.2, 0.25) is 0 Å². The Morgan fingerprint density at radius 1 is 0.891 bits per heavy atom. The van der Waals surface area contributed by atoms with Gasteiger partial charge in [-0.05, 0) is 77.4 Å². The number of rotatable bonds is 14. The molecule has 4 atom stereocenters. The molecule has 2 saturated heterocycles. The Morgan fingerprint density at radius 2 is 1.50 bits per heavy atom. The van der Waals surface area contributed by atoms with Crippen LogP contribution in [0.4, 0.5) is 0 Å². The van der Waals surface area contributed by atoms with E-state index in [0.29, 0.717) is 25.1 Å². The molecular formula is C36H66N6O4. The first-order valence-corrected chi connectivity index (χ1v) is 17.8. The number of nitrogens with one attached hydrogen (secondary N) is 1. The van der Waals surface area contributed by atoms with E-state index in [9.17, 15) is 19.2 Å². The maximum atomic E-state index is 14.2. The van der Waals surface area contributed by atoms with Gasteiger partial charge in [-0.25, -0.2) is 0 Å². The molecule has 0 aromatic rings. The molecule has 0 saturated carbocycles. The summed E-state index contributed by atoms with van der Waals surface area (Å²) in [4.78, 5) is 64.7. The Bertz CT molecular complexity index is 1060. The fourth-order valence-electron chi connectivity index (χ4n) is 6.86. The van der Waals surface area contributed by atoms with Crippen LogP contribution >= 0.6 is 0 Å². The van der Waals surface area contributed by atoms with Crippen LogP contribution in [0.1, 0.15) is 101 Å². The van der Waals surface area contributed by atoms with Crippen molar-refractivity contribution in [3.8, 4) is 0 Å². The molecule has 2 rings (SSSR count). The minimum Gasteiger partial charge on any atom is -0.343 e. The van der Waals surface area contributed by atoms with E-state index in [0.717, 1.165) is 51.9 Å². The van der Waals surface area contributed by atoms with Gasteiger partial charge in [-0.3, -0.25) is 24.1 Å². The molecule has 2 fully saturated rings. The third-order valence-electron chi connectivity index (χ3n) is 9.97. The molecule has 0 aliphatic carbocycles. The highest BCUT2D eigenvalue weighted by Gasteiger charge is 2.40. The predicted octanol–water partition coefficient (Wildman–Crippen LogP) is 4.00. The topological polar surface area (TPSA) is 96.5 Å². The van der Waals surface area contributed by atoms with Gasteiger partial charge in [-0.1, -0.05) is 61.0 Å². The van der Waals surface area contributed by atoms with Crippen molar-refractivity contribution in [1.82, 2.24) is 29.8 Å². The summed E-state index contributed by atoms with van der Waals surface area (Å²) in [6.45, 7) is 24.9. The van der Waals surface area contributed by atoms with E-state index in [-0.39, 0.29) is 47.7 Å². The molecular weight excluding hydrogens is 580 g/mol. The average molecular weight is 647 g/mol. The molecule has 10 heteroatoms. The highest BCUT2D eigenvalue weighted by Crippen LogP contribution is 2.27. The number of hydrogen-bond acceptors (Lipinski definition) is 6. The number of hydrogen-bond donors (Lipinski definition) is 1. The van der Waals surface area contributed by atoms with E-state index in [4.69, 9.17) is 0 Å². The third kappa shape index (κ3) is 10.3. The van der Waals surface area contributed by atoms with Crippen LogP contribution in [-0.2, 0) is 19.2 Å². The zero-order valence-corrected chi connectivity index (χ0v) is 31.2. The first-order chi connectivity index (χ1) is 21.5. The molecule has 1 unspecified atom stereocenters. The van der Waals surface area contributed by atoms with Crippen LogP contribution in [0, 0.1) is 11.3 Å². The summed E-state index contributed by atoms with van der Waals surface area (Å²) in [6.07, 6.45) is 6.17. The lowest BCUT2D eigenvalue weighted by Gasteiger charge is -2.41. The Labute approximate surface area is 280 Å². The van der Waals surface area contributed by atoms with E-state index >= 15 is 0 Å². The van der Waals surface area contributed by atoms with Crippen molar-refractivity contribution in [2.75, 3.05) is 53.4 Å². The molecule has 0 aromatic heterocycles. The van der Waals surface area contributed by atoms with Crippen molar-refractivity contribution in [3.05, 3.63) is 11.6 Å². The van der Waals surface area contributed by atoms with Gasteiger partial charge in [0.25, 0.3) is 0 Å². The first kappa shape index (κ1) is 39.7. The van der Waals surface area contributed by atoms with Gasteiger partial charge in [0.15, 0.2) is 0 Å². The Kier molecular flexibility index (Phi) is 15.2. The molecule has 0 radical (unpaired) electrons. The number of amides is 4. The summed E-state index contributed by atoms with van der Waals surface area (Å²) in [5.74, 6) is -0.426. The SMILES string of the molecule is CCN(CC)CCN(C)C(=O)[C@@H]1CCCN1C(=O)C(C)=C[C@H](C(C)C)N(C)C(=O)[C@@H](NC(=O)C1CCCCN1C(C)C)C(C)(C)C. The standard InChI is InChI=1S/C36H66N6O4/c1-13-40(14-2)23-22-38(11)34(45)29-19-17-21-42(29)33(44)27(7)24-30(25(3)4)39(12)35(46)31(36(8,9)10)37-32(43)28-18-15-16-20-41(28)26(5)6/h24-26,28-31H,13-23H2,1-12H3,(H,37,43)/t28?,29-,30+,31+/m0/s1. The number of carbonyl (C=O) groups is 4. The summed E-state index contributed by atoms with van der Waals surface area (Å²) in [5, 5.41) is 3.15. The molecule has 0 spiro atoms. The minimum atomic E-state index is -0.723. The number of carbonyl (C=O) groups excluding carboxylic acids is 4. The number of likely N-dealkylation sites (N-methyl/N-ethyl adjacent to an activating group) is 3. The van der Waals surface area contributed by atoms with Gasteiger partial charge in [-0.15, -0.1) is 0 Å². The Balaban J connectivity index is 2.23. The van der Waals surface area contributed by atoms with Crippen molar-refractivity contribution in [2.45, 2.75) is 132 Å². The predicted molar refractivity (Wildman–Crippen MR) is 186 cm³/mol. The summed E-state index contributed by atoms with van der Waals surface area (Å²) in [5.41, 5.74) is 0.00416. The smallest absolute Gasteiger partial charge is 0.249 e. The fourth-order valence-corrected chi connectivity index (χ4v) is 6.86. The maximum absolute atomic E-state index is 14.2. The molecule has 0 aromatic carbocycles. The molecule has 2 aliphatic rings. The normalized spacial score (nSPS) is 21.1. The molecule has 10 nitrogen and oxygen atoms in total. The lowest BCUT2D eigenvalue weighted by Crippen LogP contribution is -2.60. The quantitative estimate of drug-likeness (QED) is 0.287. The van der Waals surface area contributed by atoms with Crippen LogP contribution in [-0.4, -0.2) is 132 Å². The second-order valence-electron chi connectivity index (χ2n) is 15.1. The first-order valence-electron chi connectivity index (χ1n) is 17.8. The van der Waals surface area contributed by atoms with Gasteiger partial charge >= 0.3 is 0 Å². The summed E-state index contributed by atoms with van der Waals surface area (Å²) in [6, 6.07) is -1.56. The van der Waals surface area contributed by atoms with Crippen molar-refractivity contribution in [3.63, 3.8) is 0 Å². The van der Waals surface area contributed by atoms with Crippen LogP contribution in [0.15, 0.2) is 11.6 Å². The summed E-state index contributed by atoms with van der Waals surface area (Å²) < 4.78 is 0. The van der Waals surface area contributed by atoms with Gasteiger partial charge in [0.2, 0.25) is 23.6 Å². The van der Waals surface area contributed by atoms with E-state index < -0.39 is 17.5 Å². The Morgan fingerprint density at radius 3 is 2.04 bits per heavy atom. The van der Waals surface area contributed by atoms with Crippen molar-refractivity contribution >= 4 is 23.6 Å². The van der Waals surface area contributed by atoms with Gasteiger partial charge < -0.3 is 24.9 Å². The van der Waals surface area contributed by atoms with E-state index in [1.54, 1.807) is 28.7 Å². The highest BCUT2D eigenvalue weighted by molar-refractivity contribution is 5.97. The zero-order valence-electron chi connectivity index (χ0n) is 31.2. The highest BCUT2D eigenvalue weighted by atomic mass is 16.2. The second kappa shape index (κ2) is 17.6. The number of piperidine rings is 1. The van der Waals surface area contributed by atoms with Crippen molar-refractivity contribution < 1.29 is 19.2 Å². The second-order valence-corrected chi connectivity index (χ2v) is 15.1. The molecule has 2 aliphatic heterocycles. The lowest BCUT2D eigenvalue weighted by atomic mass is 9.84. The molecule has 0 bridgehead atoms. The molecule has 264 valence electrons. The minimum absolute atomic E-state index is 0.0173. The zero-order chi connectivity index (χ0) is 34.9. The van der Waals surface area contributed by atoms with Crippen LogP contribution in [0.25, 0.3) is 0 Å². The molecule has 46 heavy (non-hydrogen) atoms. The Hall–Kier alpha value is -2.46. The fraction of sp³-hybridized carbons (Fsp3) is 0.833. The third-order valence-corrected chi connectivity index (χ3v) is 9.97. The van der Waals surface area contributed by atoms with E-state index in [2.05, 4.69) is 42.8 Å². The van der Waals surface area contributed by atoms with Crippen molar-refractivity contribution in [1.29, 1.82) is 0 Å².